The molecule has 4 nitrogen and oxygen atoms in total. The predicted molar refractivity (Wildman–Crippen MR) is 85.1 cm³/mol. The lowest BCUT2D eigenvalue weighted by Gasteiger charge is -2.14. The van der Waals surface area contributed by atoms with E-state index in [2.05, 4.69) is 29.1 Å². The monoisotopic (exact) mass is 305 g/mol. The average Bonchev–Trinajstić information content (AvgIpc) is 2.43. The molecule has 1 N–H and O–H groups in total. The van der Waals surface area contributed by atoms with Gasteiger partial charge in [-0.05, 0) is 43.1 Å². The first-order valence-electron chi connectivity index (χ1n) is 6.94. The van der Waals surface area contributed by atoms with Crippen LogP contribution in [0.5, 0.6) is 11.6 Å². The Morgan fingerprint density at radius 2 is 2.00 bits per heavy atom. The number of aromatic nitrogens is 2. The van der Waals surface area contributed by atoms with Crippen LogP contribution in [0.15, 0.2) is 24.5 Å². The molecule has 21 heavy (non-hydrogen) atoms. The van der Waals surface area contributed by atoms with Gasteiger partial charge in [0.1, 0.15) is 5.75 Å². The maximum absolute atomic E-state index is 6.26. The smallest absolute Gasteiger partial charge is 0.237 e. The first-order valence-corrected chi connectivity index (χ1v) is 7.32. The lowest BCUT2D eigenvalue weighted by Crippen LogP contribution is -2.07. The molecule has 2 aromatic rings. The molecule has 0 atom stereocenters. The molecule has 0 amide bonds. The largest absolute Gasteiger partial charge is 0.437 e. The minimum atomic E-state index is 0.338. The van der Waals surface area contributed by atoms with Gasteiger partial charge in [0.15, 0.2) is 0 Å². The Morgan fingerprint density at radius 3 is 2.57 bits per heavy atom. The molecule has 0 aliphatic heterocycles. The summed E-state index contributed by atoms with van der Waals surface area (Å²) in [5.41, 5.74) is 2.92. The summed E-state index contributed by atoms with van der Waals surface area (Å²) >= 11 is 6.26. The molecule has 0 unspecified atom stereocenters. The summed E-state index contributed by atoms with van der Waals surface area (Å²) < 4.78 is 5.84. The fraction of sp³-hybridized carbons (Fsp3) is 0.375. The molecule has 0 bridgehead atoms. The molecule has 5 heteroatoms. The maximum Gasteiger partial charge on any atom is 0.237 e. The van der Waals surface area contributed by atoms with E-state index < -0.39 is 0 Å². The average molecular weight is 306 g/mol. The van der Waals surface area contributed by atoms with Crippen molar-refractivity contribution in [1.29, 1.82) is 0 Å². The number of rotatable bonds is 5. The number of hydrogen-bond acceptors (Lipinski definition) is 4. The van der Waals surface area contributed by atoms with Crippen LogP contribution in [0, 0.1) is 6.92 Å². The van der Waals surface area contributed by atoms with E-state index >= 15 is 0 Å². The number of ether oxygens (including phenoxy) is 1. The van der Waals surface area contributed by atoms with Gasteiger partial charge in [-0.3, -0.25) is 4.98 Å². The van der Waals surface area contributed by atoms with Gasteiger partial charge in [0, 0.05) is 11.6 Å². The van der Waals surface area contributed by atoms with Crippen LogP contribution >= 0.6 is 11.6 Å². The second kappa shape index (κ2) is 6.87. The van der Waals surface area contributed by atoms with Crippen molar-refractivity contribution in [2.24, 2.45) is 0 Å². The van der Waals surface area contributed by atoms with E-state index in [-0.39, 0.29) is 0 Å². The molecule has 1 heterocycles. The molecule has 0 saturated heterocycles. The van der Waals surface area contributed by atoms with Crippen LogP contribution in [0.4, 0.5) is 0 Å². The summed E-state index contributed by atoms with van der Waals surface area (Å²) in [6.45, 7) is 6.86. The van der Waals surface area contributed by atoms with Crippen molar-refractivity contribution in [1.82, 2.24) is 15.3 Å². The number of halogens is 1. The molecule has 112 valence electrons. The summed E-state index contributed by atoms with van der Waals surface area (Å²) in [6, 6.07) is 3.90. The Bertz CT molecular complexity index is 612. The topological polar surface area (TPSA) is 47.0 Å². The van der Waals surface area contributed by atoms with Gasteiger partial charge in [0.05, 0.1) is 18.1 Å². The van der Waals surface area contributed by atoms with Crippen molar-refractivity contribution >= 4 is 11.6 Å². The van der Waals surface area contributed by atoms with E-state index in [1.165, 1.54) is 0 Å². The zero-order valence-corrected chi connectivity index (χ0v) is 13.5. The number of aryl methyl sites for hydroxylation is 1. The molecule has 2 rings (SSSR count). The van der Waals surface area contributed by atoms with E-state index in [0.717, 1.165) is 27.6 Å². The number of nitrogens with one attached hydrogen (secondary N) is 1. The molecule has 0 aliphatic rings. The van der Waals surface area contributed by atoms with Crippen LogP contribution in [-0.4, -0.2) is 17.0 Å². The Hall–Kier alpha value is -1.65. The molecule has 1 aromatic heterocycles. The molecule has 0 spiro atoms. The molecule has 0 radical (unpaired) electrons. The first kappa shape index (κ1) is 15.7. The van der Waals surface area contributed by atoms with Crippen molar-refractivity contribution in [2.75, 3.05) is 7.05 Å². The highest BCUT2D eigenvalue weighted by molar-refractivity contribution is 6.31. The Kier molecular flexibility index (Phi) is 5.15. The van der Waals surface area contributed by atoms with Crippen LogP contribution in [-0.2, 0) is 6.54 Å². The summed E-state index contributed by atoms with van der Waals surface area (Å²) in [7, 11) is 1.87. The standard InChI is InChI=1S/C16H20ClN3O/c1-10(2)13-6-15(11(3)5-14(13)17)21-16-9-19-12(7-18-4)8-20-16/h5-6,8-10,18H,7H2,1-4H3. The minimum Gasteiger partial charge on any atom is -0.437 e. The third-order valence-corrected chi connectivity index (χ3v) is 3.50. The van der Waals surface area contributed by atoms with Gasteiger partial charge >= 0.3 is 0 Å². The summed E-state index contributed by atoms with van der Waals surface area (Å²) in [5, 5.41) is 3.80. The van der Waals surface area contributed by atoms with Crippen LogP contribution < -0.4 is 10.1 Å². The zero-order valence-electron chi connectivity index (χ0n) is 12.8. The van der Waals surface area contributed by atoms with Gasteiger partial charge in [0.2, 0.25) is 5.88 Å². The van der Waals surface area contributed by atoms with Crippen molar-refractivity contribution in [3.63, 3.8) is 0 Å². The maximum atomic E-state index is 6.26. The second-order valence-corrected chi connectivity index (χ2v) is 5.68. The third-order valence-electron chi connectivity index (χ3n) is 3.17. The Labute approximate surface area is 130 Å². The highest BCUT2D eigenvalue weighted by Crippen LogP contribution is 2.33. The zero-order chi connectivity index (χ0) is 15.4. The normalized spacial score (nSPS) is 11.0. The van der Waals surface area contributed by atoms with Crippen molar-refractivity contribution in [3.05, 3.63) is 46.4 Å². The van der Waals surface area contributed by atoms with Crippen molar-refractivity contribution in [2.45, 2.75) is 33.2 Å². The van der Waals surface area contributed by atoms with Gasteiger partial charge in [-0.2, -0.15) is 0 Å². The van der Waals surface area contributed by atoms with Crippen molar-refractivity contribution < 1.29 is 4.74 Å². The van der Waals surface area contributed by atoms with Crippen LogP contribution in [0.2, 0.25) is 5.02 Å². The van der Waals surface area contributed by atoms with Gasteiger partial charge in [-0.1, -0.05) is 25.4 Å². The van der Waals surface area contributed by atoms with E-state index in [9.17, 15) is 0 Å². The highest BCUT2D eigenvalue weighted by atomic mass is 35.5. The van der Waals surface area contributed by atoms with Crippen LogP contribution in [0.3, 0.4) is 0 Å². The molecule has 1 aromatic carbocycles. The number of nitrogens with zero attached hydrogens (tertiary/aromatic N) is 2. The van der Waals surface area contributed by atoms with Gasteiger partial charge in [-0.25, -0.2) is 4.98 Å². The number of benzene rings is 1. The Morgan fingerprint density at radius 1 is 1.24 bits per heavy atom. The van der Waals surface area contributed by atoms with Gasteiger partial charge in [-0.15, -0.1) is 0 Å². The SMILES string of the molecule is CNCc1cnc(Oc2cc(C(C)C)c(Cl)cc2C)cn1. The fourth-order valence-corrected chi connectivity index (χ4v) is 2.44. The second-order valence-electron chi connectivity index (χ2n) is 5.27. The van der Waals surface area contributed by atoms with Crippen LogP contribution in [0.1, 0.15) is 36.6 Å². The quantitative estimate of drug-likeness (QED) is 0.904. The van der Waals surface area contributed by atoms with E-state index in [1.54, 1.807) is 12.4 Å². The molecular weight excluding hydrogens is 286 g/mol. The van der Waals surface area contributed by atoms with Gasteiger partial charge in [0.25, 0.3) is 0 Å². The van der Waals surface area contributed by atoms with Gasteiger partial charge < -0.3 is 10.1 Å². The predicted octanol–water partition coefficient (Wildman–Crippen LogP) is 4.07. The highest BCUT2D eigenvalue weighted by Gasteiger charge is 2.11. The fourth-order valence-electron chi connectivity index (χ4n) is 2.00. The first-order chi connectivity index (χ1) is 10.0. The van der Waals surface area contributed by atoms with E-state index in [4.69, 9.17) is 16.3 Å². The summed E-state index contributed by atoms with van der Waals surface area (Å²) in [6.07, 6.45) is 3.34. The lowest BCUT2D eigenvalue weighted by molar-refractivity contribution is 0.454. The third kappa shape index (κ3) is 3.93. The summed E-state index contributed by atoms with van der Waals surface area (Å²) in [4.78, 5) is 8.57. The minimum absolute atomic E-state index is 0.338. The molecule has 0 fully saturated rings. The molecule has 0 aliphatic carbocycles. The Balaban J connectivity index is 2.24. The van der Waals surface area contributed by atoms with E-state index in [1.807, 2.05) is 26.1 Å². The van der Waals surface area contributed by atoms with Crippen molar-refractivity contribution in [3.8, 4) is 11.6 Å². The molecule has 0 saturated carbocycles. The summed E-state index contributed by atoms with van der Waals surface area (Å²) in [5.74, 6) is 1.58. The lowest BCUT2D eigenvalue weighted by atomic mass is 10.0. The molecular formula is C16H20ClN3O. The van der Waals surface area contributed by atoms with E-state index in [0.29, 0.717) is 18.3 Å². The van der Waals surface area contributed by atoms with Crippen LogP contribution in [0.25, 0.3) is 0 Å². The number of hydrogen-bond donors (Lipinski definition) is 1.